The smallest absolute Gasteiger partial charge is 0.156 e. The molecule has 0 spiro atoms. The van der Waals surface area contributed by atoms with Crippen LogP contribution in [0.1, 0.15) is 13.3 Å². The Morgan fingerprint density at radius 2 is 2.58 bits per heavy atom. The van der Waals surface area contributed by atoms with Crippen molar-refractivity contribution in [3.05, 3.63) is 33.7 Å². The van der Waals surface area contributed by atoms with Crippen LogP contribution in [0.15, 0.2) is 28.4 Å². The van der Waals surface area contributed by atoms with E-state index in [1.54, 1.807) is 0 Å². The maximum atomic E-state index is 11.0. The molecule has 62 valence electrons. The Kier molecular flexibility index (Phi) is 2.66. The molecule has 0 heterocycles. The standard InChI is InChI=1S/C8H9N3O/c1-6(12)8-4-2-3-7(8)5-10-11-9/h2-3H,4-5H2,1H3. The minimum absolute atomic E-state index is 0.0585. The number of nitrogens with zero attached hydrogens (tertiary/aromatic N) is 3. The van der Waals surface area contributed by atoms with Crippen molar-refractivity contribution in [1.29, 1.82) is 0 Å². The summed E-state index contributed by atoms with van der Waals surface area (Å²) in [6, 6.07) is 0. The van der Waals surface area contributed by atoms with Gasteiger partial charge in [0.2, 0.25) is 0 Å². The summed E-state index contributed by atoms with van der Waals surface area (Å²) in [7, 11) is 0. The second-order valence-electron chi connectivity index (χ2n) is 2.56. The molecule has 1 aliphatic carbocycles. The van der Waals surface area contributed by atoms with E-state index in [9.17, 15) is 4.79 Å². The van der Waals surface area contributed by atoms with Gasteiger partial charge in [0, 0.05) is 10.5 Å². The Morgan fingerprint density at radius 1 is 1.83 bits per heavy atom. The number of carbonyl (C=O) groups is 1. The van der Waals surface area contributed by atoms with Crippen molar-refractivity contribution in [2.24, 2.45) is 5.11 Å². The van der Waals surface area contributed by atoms with Crippen LogP contribution in [0.4, 0.5) is 0 Å². The van der Waals surface area contributed by atoms with Gasteiger partial charge in [-0.25, -0.2) is 0 Å². The van der Waals surface area contributed by atoms with Crippen LogP contribution < -0.4 is 0 Å². The molecule has 0 bridgehead atoms. The van der Waals surface area contributed by atoms with Crippen LogP contribution in [0.3, 0.4) is 0 Å². The number of azide groups is 1. The normalized spacial score (nSPS) is 14.8. The molecule has 1 rings (SSSR count). The molecular weight excluding hydrogens is 154 g/mol. The maximum absolute atomic E-state index is 11.0. The zero-order chi connectivity index (χ0) is 8.97. The third-order valence-corrected chi connectivity index (χ3v) is 1.76. The van der Waals surface area contributed by atoms with Crippen molar-refractivity contribution in [2.75, 3.05) is 6.54 Å². The molecule has 0 aromatic heterocycles. The lowest BCUT2D eigenvalue weighted by Crippen LogP contribution is -1.98. The summed E-state index contributed by atoms with van der Waals surface area (Å²) in [4.78, 5) is 13.6. The van der Waals surface area contributed by atoms with Crippen molar-refractivity contribution < 1.29 is 4.79 Å². The molecule has 0 saturated heterocycles. The van der Waals surface area contributed by atoms with Crippen LogP contribution in [0, 0.1) is 0 Å². The molecule has 4 heteroatoms. The highest BCUT2D eigenvalue weighted by molar-refractivity contribution is 5.95. The Balaban J connectivity index is 2.81. The fraction of sp³-hybridized carbons (Fsp3) is 0.375. The van der Waals surface area contributed by atoms with Crippen LogP contribution in [-0.4, -0.2) is 12.3 Å². The van der Waals surface area contributed by atoms with Crippen molar-refractivity contribution in [1.82, 2.24) is 0 Å². The fourth-order valence-electron chi connectivity index (χ4n) is 1.18. The average molecular weight is 163 g/mol. The van der Waals surface area contributed by atoms with E-state index in [-0.39, 0.29) is 12.3 Å². The van der Waals surface area contributed by atoms with Crippen molar-refractivity contribution in [2.45, 2.75) is 13.3 Å². The monoisotopic (exact) mass is 163 g/mol. The van der Waals surface area contributed by atoms with Crippen LogP contribution in [0.2, 0.25) is 0 Å². The molecular formula is C8H9N3O. The maximum Gasteiger partial charge on any atom is 0.156 e. The first-order valence-corrected chi connectivity index (χ1v) is 3.66. The number of Topliss-reactive ketones (excluding diaryl/α,β-unsaturated/α-hetero) is 1. The minimum atomic E-state index is 0.0585. The number of carbonyl (C=O) groups excluding carboxylic acids is 1. The van der Waals surface area contributed by atoms with Crippen LogP contribution in [0.5, 0.6) is 0 Å². The summed E-state index contributed by atoms with van der Waals surface area (Å²) in [6.07, 6.45) is 4.41. The van der Waals surface area contributed by atoms with E-state index in [2.05, 4.69) is 10.0 Å². The Hall–Kier alpha value is -1.54. The molecule has 0 aromatic rings. The third-order valence-electron chi connectivity index (χ3n) is 1.76. The van der Waals surface area contributed by atoms with Gasteiger partial charge in [-0.2, -0.15) is 0 Å². The first kappa shape index (κ1) is 8.56. The van der Waals surface area contributed by atoms with E-state index in [4.69, 9.17) is 5.53 Å². The quantitative estimate of drug-likeness (QED) is 0.357. The highest BCUT2D eigenvalue weighted by Gasteiger charge is 2.11. The lowest BCUT2D eigenvalue weighted by atomic mass is 10.1. The summed E-state index contributed by atoms with van der Waals surface area (Å²) in [6.45, 7) is 1.81. The molecule has 0 unspecified atom stereocenters. The van der Waals surface area contributed by atoms with Crippen LogP contribution in [0.25, 0.3) is 10.4 Å². The molecule has 0 aliphatic heterocycles. The zero-order valence-corrected chi connectivity index (χ0v) is 6.82. The highest BCUT2D eigenvalue weighted by Crippen LogP contribution is 2.19. The Morgan fingerprint density at radius 3 is 3.17 bits per heavy atom. The summed E-state index contributed by atoms with van der Waals surface area (Å²) in [5.74, 6) is 0.0585. The van der Waals surface area contributed by atoms with Gasteiger partial charge in [0.15, 0.2) is 5.78 Å². The van der Waals surface area contributed by atoms with Crippen molar-refractivity contribution >= 4 is 5.78 Å². The Labute approximate surface area is 70.2 Å². The molecule has 0 aromatic carbocycles. The van der Waals surface area contributed by atoms with Crippen LogP contribution in [-0.2, 0) is 4.79 Å². The minimum Gasteiger partial charge on any atom is -0.295 e. The number of ketones is 1. The number of hydrogen-bond donors (Lipinski definition) is 0. The topological polar surface area (TPSA) is 65.8 Å². The van der Waals surface area contributed by atoms with E-state index in [0.717, 1.165) is 11.1 Å². The molecule has 1 aliphatic rings. The van der Waals surface area contributed by atoms with E-state index in [1.807, 2.05) is 12.2 Å². The van der Waals surface area contributed by atoms with E-state index in [0.29, 0.717) is 6.42 Å². The van der Waals surface area contributed by atoms with Gasteiger partial charge in [0.05, 0.1) is 6.54 Å². The van der Waals surface area contributed by atoms with Crippen molar-refractivity contribution in [3.63, 3.8) is 0 Å². The average Bonchev–Trinajstić information content (AvgIpc) is 2.48. The molecule has 12 heavy (non-hydrogen) atoms. The molecule has 4 nitrogen and oxygen atoms in total. The van der Waals surface area contributed by atoms with Gasteiger partial charge < -0.3 is 0 Å². The lowest BCUT2D eigenvalue weighted by Gasteiger charge is -1.98. The summed E-state index contributed by atoms with van der Waals surface area (Å²) in [5, 5.41) is 3.41. The second kappa shape index (κ2) is 3.74. The second-order valence-corrected chi connectivity index (χ2v) is 2.56. The van der Waals surface area contributed by atoms with E-state index >= 15 is 0 Å². The predicted molar refractivity (Wildman–Crippen MR) is 45.5 cm³/mol. The van der Waals surface area contributed by atoms with Gasteiger partial charge in [-0.3, -0.25) is 4.79 Å². The van der Waals surface area contributed by atoms with Gasteiger partial charge in [0.25, 0.3) is 0 Å². The van der Waals surface area contributed by atoms with Gasteiger partial charge in [-0.15, -0.1) is 0 Å². The molecule has 0 saturated carbocycles. The lowest BCUT2D eigenvalue weighted by molar-refractivity contribution is -0.113. The predicted octanol–water partition coefficient (Wildman–Crippen LogP) is 2.14. The summed E-state index contributed by atoms with van der Waals surface area (Å²) in [5.41, 5.74) is 9.69. The van der Waals surface area contributed by atoms with Gasteiger partial charge >= 0.3 is 0 Å². The van der Waals surface area contributed by atoms with E-state index in [1.165, 1.54) is 6.92 Å². The number of rotatable bonds is 3. The van der Waals surface area contributed by atoms with E-state index < -0.39 is 0 Å². The van der Waals surface area contributed by atoms with Gasteiger partial charge in [-0.05, 0) is 24.4 Å². The third kappa shape index (κ3) is 1.74. The fourth-order valence-corrected chi connectivity index (χ4v) is 1.18. The van der Waals surface area contributed by atoms with Crippen molar-refractivity contribution in [3.8, 4) is 0 Å². The zero-order valence-electron chi connectivity index (χ0n) is 6.82. The largest absolute Gasteiger partial charge is 0.295 e. The highest BCUT2D eigenvalue weighted by atomic mass is 16.1. The summed E-state index contributed by atoms with van der Waals surface area (Å²) < 4.78 is 0. The first-order chi connectivity index (χ1) is 5.75. The first-order valence-electron chi connectivity index (χ1n) is 3.66. The Bertz CT molecular complexity index is 308. The van der Waals surface area contributed by atoms with Gasteiger partial charge in [0.1, 0.15) is 0 Å². The molecule has 0 N–H and O–H groups in total. The van der Waals surface area contributed by atoms with Gasteiger partial charge in [-0.1, -0.05) is 17.3 Å². The number of hydrogen-bond acceptors (Lipinski definition) is 2. The molecule has 0 amide bonds. The SMILES string of the molecule is CC(=O)C1=C(CN=[N+]=[N-])C=CC1. The number of allylic oxidation sites excluding steroid dienone is 2. The molecule has 0 atom stereocenters. The summed E-state index contributed by atoms with van der Waals surface area (Å²) >= 11 is 0. The molecule has 0 fully saturated rings. The molecule has 0 radical (unpaired) electrons. The van der Waals surface area contributed by atoms with Crippen LogP contribution >= 0.6 is 0 Å².